The fourth-order valence-electron chi connectivity index (χ4n) is 6.63. The fourth-order valence-corrected chi connectivity index (χ4v) is 6.63. The molecule has 0 spiro atoms. The van der Waals surface area contributed by atoms with Crippen LogP contribution in [0.5, 0.6) is 0 Å². The Hall–Kier alpha value is -6.32. The fraction of sp³-hybridized carbons (Fsp3) is 0. The van der Waals surface area contributed by atoms with Crippen LogP contribution in [-0.2, 0) is 0 Å². The smallest absolute Gasteiger partial charge is 0.161 e. The third-order valence-corrected chi connectivity index (χ3v) is 8.93. The van der Waals surface area contributed by atoms with E-state index in [1.54, 1.807) is 0 Å². The molecule has 7 aromatic carbocycles. The van der Waals surface area contributed by atoms with Crippen LogP contribution in [0.3, 0.4) is 0 Å². The van der Waals surface area contributed by atoms with Gasteiger partial charge in [0.05, 0.1) is 11.4 Å². The van der Waals surface area contributed by atoms with Crippen LogP contribution in [0.1, 0.15) is 0 Å². The maximum atomic E-state index is 6.65. The molecule has 0 aliphatic rings. The third kappa shape index (κ3) is 4.77. The van der Waals surface area contributed by atoms with Crippen molar-refractivity contribution in [1.82, 2.24) is 9.97 Å². The number of benzene rings is 7. The van der Waals surface area contributed by atoms with E-state index in [4.69, 9.17) is 14.4 Å². The van der Waals surface area contributed by atoms with Crippen LogP contribution in [0, 0.1) is 0 Å². The third-order valence-electron chi connectivity index (χ3n) is 8.93. The molecular weight excluding hydrogens is 572 g/mol. The lowest BCUT2D eigenvalue weighted by Gasteiger charge is -2.12. The van der Waals surface area contributed by atoms with Gasteiger partial charge in [-0.2, -0.15) is 0 Å². The first kappa shape index (κ1) is 27.0. The van der Waals surface area contributed by atoms with Gasteiger partial charge < -0.3 is 4.42 Å². The van der Waals surface area contributed by atoms with Crippen molar-refractivity contribution >= 4 is 32.7 Å². The molecule has 0 amide bonds. The first-order valence-electron chi connectivity index (χ1n) is 15.8. The summed E-state index contributed by atoms with van der Waals surface area (Å²) < 4.78 is 6.65. The summed E-state index contributed by atoms with van der Waals surface area (Å²) in [7, 11) is 0. The molecule has 0 aliphatic heterocycles. The van der Waals surface area contributed by atoms with Gasteiger partial charge in [-0.1, -0.05) is 146 Å². The van der Waals surface area contributed by atoms with Crippen molar-refractivity contribution in [1.29, 1.82) is 0 Å². The van der Waals surface area contributed by atoms with E-state index < -0.39 is 0 Å². The Bertz CT molecular complexity index is 2490. The highest BCUT2D eigenvalue weighted by Gasteiger charge is 2.20. The van der Waals surface area contributed by atoms with Gasteiger partial charge >= 0.3 is 0 Å². The number of para-hydroxylation sites is 1. The highest BCUT2D eigenvalue weighted by Crippen LogP contribution is 2.42. The molecule has 0 radical (unpaired) electrons. The number of hydrogen-bond donors (Lipinski definition) is 0. The normalized spacial score (nSPS) is 11.4. The molecule has 0 saturated heterocycles. The lowest BCUT2D eigenvalue weighted by atomic mass is 9.94. The Kier molecular flexibility index (Phi) is 6.46. The zero-order valence-corrected chi connectivity index (χ0v) is 25.5. The summed E-state index contributed by atoms with van der Waals surface area (Å²) >= 11 is 0. The molecule has 3 heteroatoms. The first-order chi connectivity index (χ1) is 23.3. The molecule has 0 aliphatic carbocycles. The maximum absolute atomic E-state index is 6.65. The molecule has 0 atom stereocenters. The van der Waals surface area contributed by atoms with Crippen LogP contribution in [0.2, 0.25) is 0 Å². The monoisotopic (exact) mass is 600 g/mol. The molecule has 220 valence electrons. The van der Waals surface area contributed by atoms with E-state index >= 15 is 0 Å². The van der Waals surface area contributed by atoms with E-state index in [-0.39, 0.29) is 0 Å². The largest absolute Gasteiger partial charge is 0.455 e. The quantitative estimate of drug-likeness (QED) is 0.197. The van der Waals surface area contributed by atoms with Gasteiger partial charge in [-0.15, -0.1) is 0 Å². The number of furan rings is 1. The van der Waals surface area contributed by atoms with Crippen LogP contribution < -0.4 is 0 Å². The average Bonchev–Trinajstić information content (AvgIpc) is 3.55. The standard InChI is InChI=1S/C44H28N2O/c1-3-13-32(14-4-1)39-28-40(33-15-5-2-6-16-33)46-44(45-39)38-27-26-36(43-42(38)37-19-9-10-21-41(37)47-43)31-24-22-30(23-25-31)35-20-11-17-29-12-7-8-18-34(29)35/h1-28H. The van der Waals surface area contributed by atoms with E-state index in [1.807, 2.05) is 48.5 Å². The van der Waals surface area contributed by atoms with Gasteiger partial charge in [-0.3, -0.25) is 0 Å². The number of fused-ring (bicyclic) bond motifs is 4. The molecule has 2 heterocycles. The summed E-state index contributed by atoms with van der Waals surface area (Å²) in [6.45, 7) is 0. The second kappa shape index (κ2) is 11.2. The van der Waals surface area contributed by atoms with Gasteiger partial charge in [0.15, 0.2) is 5.82 Å². The van der Waals surface area contributed by atoms with Gasteiger partial charge in [-0.25, -0.2) is 9.97 Å². The summed E-state index contributed by atoms with van der Waals surface area (Å²) in [6, 6.07) is 59.0. The van der Waals surface area contributed by atoms with E-state index in [0.717, 1.165) is 61.1 Å². The maximum Gasteiger partial charge on any atom is 0.161 e. The average molecular weight is 601 g/mol. The van der Waals surface area contributed by atoms with E-state index in [0.29, 0.717) is 5.82 Å². The van der Waals surface area contributed by atoms with Crippen LogP contribution >= 0.6 is 0 Å². The van der Waals surface area contributed by atoms with E-state index in [1.165, 1.54) is 21.9 Å². The Morgan fingerprint density at radius 2 is 0.936 bits per heavy atom. The second-order valence-corrected chi connectivity index (χ2v) is 11.8. The molecule has 0 saturated carbocycles. The molecule has 0 N–H and O–H groups in total. The summed E-state index contributed by atoms with van der Waals surface area (Å²) in [5.74, 6) is 0.666. The van der Waals surface area contributed by atoms with Crippen molar-refractivity contribution < 1.29 is 4.42 Å². The molecule has 0 fully saturated rings. The Morgan fingerprint density at radius 3 is 1.64 bits per heavy atom. The summed E-state index contributed by atoms with van der Waals surface area (Å²) in [4.78, 5) is 10.3. The van der Waals surface area contributed by atoms with Crippen molar-refractivity contribution in [3.8, 4) is 56.2 Å². The second-order valence-electron chi connectivity index (χ2n) is 11.8. The number of aromatic nitrogens is 2. The van der Waals surface area contributed by atoms with Crippen LogP contribution in [0.15, 0.2) is 174 Å². The Labute approximate surface area is 272 Å². The summed E-state index contributed by atoms with van der Waals surface area (Å²) in [6.07, 6.45) is 0. The number of rotatable bonds is 5. The lowest BCUT2D eigenvalue weighted by molar-refractivity contribution is 0.670. The summed E-state index contributed by atoms with van der Waals surface area (Å²) in [5, 5.41) is 4.55. The van der Waals surface area contributed by atoms with Crippen molar-refractivity contribution in [2.45, 2.75) is 0 Å². The zero-order valence-electron chi connectivity index (χ0n) is 25.5. The van der Waals surface area contributed by atoms with Gasteiger partial charge in [0, 0.05) is 33.0 Å². The molecule has 47 heavy (non-hydrogen) atoms. The lowest BCUT2D eigenvalue weighted by Crippen LogP contribution is -1.96. The minimum Gasteiger partial charge on any atom is -0.455 e. The van der Waals surface area contributed by atoms with E-state index in [9.17, 15) is 0 Å². The van der Waals surface area contributed by atoms with Crippen LogP contribution in [0.25, 0.3) is 88.9 Å². The topological polar surface area (TPSA) is 38.9 Å². The summed E-state index contributed by atoms with van der Waals surface area (Å²) in [5.41, 5.74) is 11.0. The number of nitrogens with zero attached hydrogens (tertiary/aromatic N) is 2. The molecule has 9 aromatic rings. The van der Waals surface area contributed by atoms with Crippen molar-refractivity contribution in [3.05, 3.63) is 170 Å². The predicted molar refractivity (Wildman–Crippen MR) is 194 cm³/mol. The van der Waals surface area contributed by atoms with Gasteiger partial charge in [0.25, 0.3) is 0 Å². The predicted octanol–water partition coefficient (Wildman–Crippen LogP) is 11.9. The van der Waals surface area contributed by atoms with Crippen molar-refractivity contribution in [3.63, 3.8) is 0 Å². The van der Waals surface area contributed by atoms with Crippen LogP contribution in [-0.4, -0.2) is 9.97 Å². The highest BCUT2D eigenvalue weighted by molar-refractivity contribution is 6.15. The molecule has 9 rings (SSSR count). The molecular formula is C44H28N2O. The SMILES string of the molecule is c1ccc(-c2cc(-c3ccccc3)nc(-c3ccc(-c4ccc(-c5cccc6ccccc56)cc4)c4oc5ccccc5c34)n2)cc1. The highest BCUT2D eigenvalue weighted by atomic mass is 16.3. The molecule has 0 bridgehead atoms. The minimum absolute atomic E-state index is 0.666. The van der Waals surface area contributed by atoms with E-state index in [2.05, 4.69) is 121 Å². The first-order valence-corrected chi connectivity index (χ1v) is 15.8. The van der Waals surface area contributed by atoms with Gasteiger partial charge in [-0.05, 0) is 51.7 Å². The van der Waals surface area contributed by atoms with Gasteiger partial charge in [0.1, 0.15) is 11.2 Å². The van der Waals surface area contributed by atoms with Crippen molar-refractivity contribution in [2.75, 3.05) is 0 Å². The molecule has 0 unspecified atom stereocenters. The van der Waals surface area contributed by atoms with Crippen molar-refractivity contribution in [2.24, 2.45) is 0 Å². The van der Waals surface area contributed by atoms with Gasteiger partial charge in [0.2, 0.25) is 0 Å². The molecule has 2 aromatic heterocycles. The molecule has 3 nitrogen and oxygen atoms in total. The minimum atomic E-state index is 0.666. The number of hydrogen-bond acceptors (Lipinski definition) is 3. The Balaban J connectivity index is 1.23. The zero-order chi connectivity index (χ0) is 31.2. The Morgan fingerprint density at radius 1 is 0.383 bits per heavy atom. The van der Waals surface area contributed by atoms with Crippen LogP contribution in [0.4, 0.5) is 0 Å².